The predicted molar refractivity (Wildman–Crippen MR) is 82.5 cm³/mol. The van der Waals surface area contributed by atoms with Gasteiger partial charge >= 0.3 is 0 Å². The molecule has 0 saturated carbocycles. The Labute approximate surface area is 127 Å². The number of carbonyl (C=O) groups is 1. The molecule has 1 aromatic carbocycles. The highest BCUT2D eigenvalue weighted by molar-refractivity contribution is 5.73. The molecule has 0 N–H and O–H groups in total. The number of nitrogens with zero attached hydrogens (tertiary/aromatic N) is 1. The van der Waals surface area contributed by atoms with Gasteiger partial charge in [-0.05, 0) is 43.9 Å². The highest BCUT2D eigenvalue weighted by Crippen LogP contribution is 2.23. The molecule has 1 unspecified atom stereocenters. The second-order valence-corrected chi connectivity index (χ2v) is 5.74. The minimum absolute atomic E-state index is 0.0328. The van der Waals surface area contributed by atoms with E-state index in [0.29, 0.717) is 12.6 Å². The standard InChI is InChI=1S/C17H25NO3/c1-13(12-20-3)21-17-8-4-6-15(11-17)10-16-7-5-9-18(16)14(2)19/h4,6,8,11,13,16H,5,7,9-10,12H2,1-3H3/t13-,16?/m1/s1. The van der Waals surface area contributed by atoms with Gasteiger partial charge in [-0.15, -0.1) is 0 Å². The van der Waals surface area contributed by atoms with Crippen molar-refractivity contribution in [2.75, 3.05) is 20.3 Å². The van der Waals surface area contributed by atoms with Crippen LogP contribution in [-0.4, -0.2) is 43.2 Å². The molecule has 1 saturated heterocycles. The molecular weight excluding hydrogens is 266 g/mol. The molecule has 0 bridgehead atoms. The van der Waals surface area contributed by atoms with Crippen LogP contribution in [0, 0.1) is 0 Å². The summed E-state index contributed by atoms with van der Waals surface area (Å²) >= 11 is 0. The Bertz CT molecular complexity index is 475. The van der Waals surface area contributed by atoms with Crippen LogP contribution >= 0.6 is 0 Å². The number of likely N-dealkylation sites (tertiary alicyclic amines) is 1. The van der Waals surface area contributed by atoms with Crippen molar-refractivity contribution < 1.29 is 14.3 Å². The molecule has 1 aliphatic heterocycles. The van der Waals surface area contributed by atoms with E-state index < -0.39 is 0 Å². The first kappa shape index (κ1) is 15.8. The first-order chi connectivity index (χ1) is 10.1. The van der Waals surface area contributed by atoms with Gasteiger partial charge in [0, 0.05) is 26.6 Å². The zero-order chi connectivity index (χ0) is 15.2. The normalized spacial score (nSPS) is 19.6. The third-order valence-corrected chi connectivity index (χ3v) is 3.89. The van der Waals surface area contributed by atoms with Crippen LogP contribution in [0.3, 0.4) is 0 Å². The fraction of sp³-hybridized carbons (Fsp3) is 0.588. The number of benzene rings is 1. The molecule has 0 radical (unpaired) electrons. The quantitative estimate of drug-likeness (QED) is 0.809. The summed E-state index contributed by atoms with van der Waals surface area (Å²) in [4.78, 5) is 13.6. The van der Waals surface area contributed by atoms with Gasteiger partial charge in [0.2, 0.25) is 5.91 Å². The lowest BCUT2D eigenvalue weighted by atomic mass is 10.0. The van der Waals surface area contributed by atoms with E-state index >= 15 is 0 Å². The van der Waals surface area contributed by atoms with Gasteiger partial charge in [-0.3, -0.25) is 4.79 Å². The molecule has 21 heavy (non-hydrogen) atoms. The van der Waals surface area contributed by atoms with Crippen molar-refractivity contribution in [3.8, 4) is 5.75 Å². The van der Waals surface area contributed by atoms with Crippen molar-refractivity contribution in [1.29, 1.82) is 0 Å². The molecule has 0 aliphatic carbocycles. The van der Waals surface area contributed by atoms with Crippen molar-refractivity contribution in [2.45, 2.75) is 45.3 Å². The van der Waals surface area contributed by atoms with Crippen LogP contribution in [0.15, 0.2) is 24.3 Å². The molecule has 0 aromatic heterocycles. The van der Waals surface area contributed by atoms with Crippen LogP contribution in [0.4, 0.5) is 0 Å². The summed E-state index contributed by atoms with van der Waals surface area (Å²) in [6, 6.07) is 8.48. The molecule has 0 spiro atoms. The zero-order valence-electron chi connectivity index (χ0n) is 13.2. The Morgan fingerprint density at radius 2 is 2.29 bits per heavy atom. The lowest BCUT2D eigenvalue weighted by molar-refractivity contribution is -0.129. The lowest BCUT2D eigenvalue weighted by Gasteiger charge is -2.23. The number of rotatable bonds is 6. The van der Waals surface area contributed by atoms with Gasteiger partial charge in [-0.2, -0.15) is 0 Å². The van der Waals surface area contributed by atoms with E-state index in [0.717, 1.165) is 31.6 Å². The molecule has 1 heterocycles. The van der Waals surface area contributed by atoms with Crippen LogP contribution in [0.2, 0.25) is 0 Å². The van der Waals surface area contributed by atoms with E-state index in [4.69, 9.17) is 9.47 Å². The average Bonchev–Trinajstić information content (AvgIpc) is 2.87. The maximum absolute atomic E-state index is 11.6. The Morgan fingerprint density at radius 3 is 3.00 bits per heavy atom. The van der Waals surface area contributed by atoms with Gasteiger partial charge < -0.3 is 14.4 Å². The summed E-state index contributed by atoms with van der Waals surface area (Å²) in [5.41, 5.74) is 1.22. The van der Waals surface area contributed by atoms with E-state index in [2.05, 4.69) is 12.1 Å². The van der Waals surface area contributed by atoms with Gasteiger partial charge in [0.1, 0.15) is 11.9 Å². The minimum Gasteiger partial charge on any atom is -0.488 e. The highest BCUT2D eigenvalue weighted by atomic mass is 16.5. The Balaban J connectivity index is 1.99. The van der Waals surface area contributed by atoms with Crippen LogP contribution in [0.25, 0.3) is 0 Å². The maximum Gasteiger partial charge on any atom is 0.219 e. The fourth-order valence-corrected chi connectivity index (χ4v) is 2.98. The van der Waals surface area contributed by atoms with Crippen LogP contribution < -0.4 is 4.74 Å². The Morgan fingerprint density at radius 1 is 1.48 bits per heavy atom. The zero-order valence-corrected chi connectivity index (χ0v) is 13.2. The number of carbonyl (C=O) groups excluding carboxylic acids is 1. The molecule has 1 aliphatic rings. The van der Waals surface area contributed by atoms with Crippen LogP contribution in [0.1, 0.15) is 32.3 Å². The molecule has 2 rings (SSSR count). The number of hydrogen-bond acceptors (Lipinski definition) is 3. The topological polar surface area (TPSA) is 38.8 Å². The van der Waals surface area contributed by atoms with E-state index in [9.17, 15) is 4.79 Å². The fourth-order valence-electron chi connectivity index (χ4n) is 2.98. The smallest absolute Gasteiger partial charge is 0.219 e. The van der Waals surface area contributed by atoms with Crippen molar-refractivity contribution in [3.05, 3.63) is 29.8 Å². The molecule has 4 heteroatoms. The van der Waals surface area contributed by atoms with Gasteiger partial charge in [0.05, 0.1) is 6.61 Å². The summed E-state index contributed by atoms with van der Waals surface area (Å²) in [6.07, 6.45) is 3.12. The molecule has 1 aromatic rings. The van der Waals surface area contributed by atoms with E-state index in [-0.39, 0.29) is 12.0 Å². The molecule has 1 fully saturated rings. The summed E-state index contributed by atoms with van der Waals surface area (Å²) in [6.45, 7) is 5.11. The number of methoxy groups -OCH3 is 1. The van der Waals surface area contributed by atoms with Gasteiger partial charge in [-0.25, -0.2) is 0 Å². The van der Waals surface area contributed by atoms with Crippen LogP contribution in [0.5, 0.6) is 5.75 Å². The third-order valence-electron chi connectivity index (χ3n) is 3.89. The molecule has 4 nitrogen and oxygen atoms in total. The molecular formula is C17H25NO3. The molecule has 116 valence electrons. The van der Waals surface area contributed by atoms with Crippen molar-refractivity contribution in [3.63, 3.8) is 0 Å². The molecule has 1 amide bonds. The average molecular weight is 291 g/mol. The summed E-state index contributed by atoms with van der Waals surface area (Å²) < 4.78 is 10.9. The second kappa shape index (κ2) is 7.46. The van der Waals surface area contributed by atoms with Gasteiger partial charge in [0.25, 0.3) is 0 Å². The predicted octanol–water partition coefficient (Wildman–Crippen LogP) is 2.65. The number of amides is 1. The Hall–Kier alpha value is -1.55. The van der Waals surface area contributed by atoms with Crippen molar-refractivity contribution in [2.24, 2.45) is 0 Å². The van der Waals surface area contributed by atoms with Gasteiger partial charge in [-0.1, -0.05) is 12.1 Å². The largest absolute Gasteiger partial charge is 0.488 e. The van der Waals surface area contributed by atoms with Crippen molar-refractivity contribution in [1.82, 2.24) is 4.90 Å². The van der Waals surface area contributed by atoms with E-state index in [1.54, 1.807) is 14.0 Å². The number of ether oxygens (including phenoxy) is 2. The summed E-state index contributed by atoms with van der Waals surface area (Å²) in [5, 5.41) is 0. The summed E-state index contributed by atoms with van der Waals surface area (Å²) in [7, 11) is 1.67. The molecule has 2 atom stereocenters. The Kier molecular flexibility index (Phi) is 5.62. The van der Waals surface area contributed by atoms with Gasteiger partial charge in [0.15, 0.2) is 0 Å². The third kappa shape index (κ3) is 4.46. The maximum atomic E-state index is 11.6. The minimum atomic E-state index is 0.0328. The first-order valence-corrected chi connectivity index (χ1v) is 7.62. The summed E-state index contributed by atoms with van der Waals surface area (Å²) in [5.74, 6) is 1.04. The highest BCUT2D eigenvalue weighted by Gasteiger charge is 2.26. The van der Waals surface area contributed by atoms with E-state index in [1.807, 2.05) is 24.0 Å². The second-order valence-electron chi connectivity index (χ2n) is 5.74. The van der Waals surface area contributed by atoms with Crippen LogP contribution in [-0.2, 0) is 16.0 Å². The SMILES string of the molecule is COC[C@@H](C)Oc1cccc(CC2CCCN2C(C)=O)c1. The number of hydrogen-bond donors (Lipinski definition) is 0. The monoisotopic (exact) mass is 291 g/mol. The first-order valence-electron chi connectivity index (χ1n) is 7.62. The van der Waals surface area contributed by atoms with E-state index in [1.165, 1.54) is 5.56 Å². The van der Waals surface area contributed by atoms with Crippen molar-refractivity contribution >= 4 is 5.91 Å². The lowest BCUT2D eigenvalue weighted by Crippen LogP contribution is -2.35.